The van der Waals surface area contributed by atoms with Crippen molar-refractivity contribution in [3.63, 3.8) is 0 Å². The molecule has 0 atom stereocenters. The van der Waals surface area contributed by atoms with Crippen LogP contribution in [0.3, 0.4) is 0 Å². The van der Waals surface area contributed by atoms with E-state index in [1.165, 1.54) is 26.0 Å². The monoisotopic (exact) mass is 386 g/mol. The zero-order valence-electron chi connectivity index (χ0n) is 15.0. The molecular formula is C19H18N2O5S. The summed E-state index contributed by atoms with van der Waals surface area (Å²) in [7, 11) is 4.49. The third-order valence-corrected chi connectivity index (χ3v) is 4.66. The summed E-state index contributed by atoms with van der Waals surface area (Å²) >= 11 is 1.22. The normalized spacial score (nSPS) is 16.5. The predicted octanol–water partition coefficient (Wildman–Crippen LogP) is 3.31. The highest BCUT2D eigenvalue weighted by atomic mass is 32.2. The van der Waals surface area contributed by atoms with E-state index in [-0.39, 0.29) is 23.2 Å². The van der Waals surface area contributed by atoms with Crippen molar-refractivity contribution in [2.45, 2.75) is 0 Å². The quantitative estimate of drug-likeness (QED) is 0.767. The topological polar surface area (TPSA) is 89.4 Å². The highest BCUT2D eigenvalue weighted by Gasteiger charge is 2.24. The number of thioether (sulfide) groups is 1. The van der Waals surface area contributed by atoms with Gasteiger partial charge < -0.3 is 24.6 Å². The molecule has 0 aliphatic carbocycles. The molecule has 3 rings (SSSR count). The fraction of sp³-hybridized carbons (Fsp3) is 0.158. The average Bonchev–Trinajstić information content (AvgIpc) is 3.02. The molecule has 0 radical (unpaired) electrons. The molecule has 1 heterocycles. The van der Waals surface area contributed by atoms with Gasteiger partial charge in [-0.25, -0.2) is 4.99 Å². The molecule has 1 aliphatic heterocycles. The van der Waals surface area contributed by atoms with Crippen LogP contribution in [0.25, 0.3) is 6.08 Å². The Hall–Kier alpha value is -3.13. The molecule has 27 heavy (non-hydrogen) atoms. The van der Waals surface area contributed by atoms with Gasteiger partial charge in [0.15, 0.2) is 16.7 Å². The van der Waals surface area contributed by atoms with E-state index in [9.17, 15) is 9.90 Å². The summed E-state index contributed by atoms with van der Waals surface area (Å²) in [5.41, 5.74) is 1.36. The number of nitrogens with one attached hydrogen (secondary N) is 1. The van der Waals surface area contributed by atoms with Gasteiger partial charge in [0.2, 0.25) is 5.75 Å². The predicted molar refractivity (Wildman–Crippen MR) is 105 cm³/mol. The van der Waals surface area contributed by atoms with Crippen molar-refractivity contribution in [2.24, 2.45) is 4.99 Å². The highest BCUT2D eigenvalue weighted by Crippen LogP contribution is 2.38. The van der Waals surface area contributed by atoms with Crippen LogP contribution in [0.4, 0.5) is 5.69 Å². The zero-order valence-corrected chi connectivity index (χ0v) is 15.8. The number of aromatic hydroxyl groups is 1. The van der Waals surface area contributed by atoms with Gasteiger partial charge in [0, 0.05) is 0 Å². The number of amides is 1. The number of amidine groups is 1. The van der Waals surface area contributed by atoms with Crippen LogP contribution in [-0.4, -0.2) is 37.5 Å². The van der Waals surface area contributed by atoms with E-state index in [0.717, 1.165) is 5.75 Å². The fourth-order valence-corrected chi connectivity index (χ4v) is 3.24. The van der Waals surface area contributed by atoms with Crippen LogP contribution in [0, 0.1) is 0 Å². The number of ether oxygens (including phenoxy) is 3. The van der Waals surface area contributed by atoms with Gasteiger partial charge in [-0.05, 0) is 59.8 Å². The summed E-state index contributed by atoms with van der Waals surface area (Å²) in [4.78, 5) is 17.1. The molecule has 1 amide bonds. The number of rotatable bonds is 5. The Morgan fingerprint density at radius 3 is 2.22 bits per heavy atom. The van der Waals surface area contributed by atoms with E-state index in [1.807, 2.05) is 0 Å². The SMILES string of the molecule is COc1ccc(N=C2NC(=O)/C(=C\c3cc(OC)c(O)c(OC)c3)S2)cc1. The molecule has 7 nitrogen and oxygen atoms in total. The number of phenols is 1. The lowest BCUT2D eigenvalue weighted by atomic mass is 10.1. The number of nitrogens with zero attached hydrogens (tertiary/aromatic N) is 1. The van der Waals surface area contributed by atoms with Crippen molar-refractivity contribution in [1.29, 1.82) is 0 Å². The Kier molecular flexibility index (Phi) is 5.56. The lowest BCUT2D eigenvalue weighted by molar-refractivity contribution is -0.115. The number of carbonyl (C=O) groups excluding carboxylic acids is 1. The number of hydrogen-bond acceptors (Lipinski definition) is 7. The molecule has 140 valence electrons. The van der Waals surface area contributed by atoms with Crippen LogP contribution in [0.2, 0.25) is 0 Å². The van der Waals surface area contributed by atoms with Gasteiger partial charge >= 0.3 is 0 Å². The second-order valence-electron chi connectivity index (χ2n) is 5.45. The molecule has 0 unspecified atom stereocenters. The highest BCUT2D eigenvalue weighted by molar-refractivity contribution is 8.18. The molecule has 1 fully saturated rings. The van der Waals surface area contributed by atoms with E-state index in [1.54, 1.807) is 49.6 Å². The Morgan fingerprint density at radius 1 is 1.04 bits per heavy atom. The first-order chi connectivity index (χ1) is 13.0. The smallest absolute Gasteiger partial charge is 0.264 e. The van der Waals surface area contributed by atoms with Crippen molar-refractivity contribution in [2.75, 3.05) is 21.3 Å². The van der Waals surface area contributed by atoms with Crippen LogP contribution >= 0.6 is 11.8 Å². The maximum atomic E-state index is 12.2. The van der Waals surface area contributed by atoms with Gasteiger partial charge in [-0.1, -0.05) is 0 Å². The molecule has 0 spiro atoms. The molecule has 0 aromatic heterocycles. The largest absolute Gasteiger partial charge is 0.502 e. The summed E-state index contributed by atoms with van der Waals surface area (Å²) in [5, 5.41) is 13.2. The number of aliphatic imine (C=N–C) groups is 1. The van der Waals surface area contributed by atoms with Gasteiger partial charge in [-0.3, -0.25) is 4.79 Å². The second-order valence-corrected chi connectivity index (χ2v) is 6.48. The molecule has 2 aromatic rings. The van der Waals surface area contributed by atoms with Gasteiger partial charge in [0.1, 0.15) is 5.75 Å². The van der Waals surface area contributed by atoms with Crippen LogP contribution < -0.4 is 19.5 Å². The molecule has 0 saturated carbocycles. The number of methoxy groups -OCH3 is 3. The van der Waals surface area contributed by atoms with E-state index in [0.29, 0.717) is 21.3 Å². The average molecular weight is 386 g/mol. The first-order valence-corrected chi connectivity index (χ1v) is 8.74. The van der Waals surface area contributed by atoms with Crippen molar-refractivity contribution >= 4 is 34.6 Å². The second kappa shape index (κ2) is 8.05. The minimum atomic E-state index is -0.252. The first kappa shape index (κ1) is 18.7. The maximum absolute atomic E-state index is 12.2. The zero-order chi connectivity index (χ0) is 19.4. The van der Waals surface area contributed by atoms with Gasteiger partial charge in [0.05, 0.1) is 31.9 Å². The molecule has 0 bridgehead atoms. The van der Waals surface area contributed by atoms with Crippen LogP contribution in [-0.2, 0) is 4.79 Å². The Morgan fingerprint density at radius 2 is 1.67 bits per heavy atom. The van der Waals surface area contributed by atoms with Gasteiger partial charge in [0.25, 0.3) is 5.91 Å². The Balaban J connectivity index is 1.85. The maximum Gasteiger partial charge on any atom is 0.264 e. The third kappa shape index (κ3) is 4.17. The first-order valence-electron chi connectivity index (χ1n) is 7.92. The van der Waals surface area contributed by atoms with Crippen molar-refractivity contribution in [3.05, 3.63) is 46.9 Å². The summed E-state index contributed by atoms with van der Waals surface area (Å²) in [6.45, 7) is 0. The summed E-state index contributed by atoms with van der Waals surface area (Å²) in [5.74, 6) is 0.914. The summed E-state index contributed by atoms with van der Waals surface area (Å²) in [6.07, 6.45) is 1.68. The molecule has 1 aliphatic rings. The van der Waals surface area contributed by atoms with Crippen LogP contribution in [0.15, 0.2) is 46.3 Å². The Labute approximate surface area is 160 Å². The van der Waals surface area contributed by atoms with Crippen LogP contribution in [0.5, 0.6) is 23.0 Å². The molecule has 2 aromatic carbocycles. The van der Waals surface area contributed by atoms with E-state index < -0.39 is 0 Å². The fourth-order valence-electron chi connectivity index (χ4n) is 2.40. The molecule has 2 N–H and O–H groups in total. The standard InChI is InChI=1S/C19H18N2O5S/c1-24-13-6-4-12(5-7-13)20-19-21-18(23)16(27-19)10-11-8-14(25-2)17(22)15(9-11)26-3/h4-10,22H,1-3H3,(H,20,21,23)/b16-10+. The molecular weight excluding hydrogens is 368 g/mol. The summed E-state index contributed by atoms with van der Waals surface area (Å²) in [6, 6.07) is 10.4. The summed E-state index contributed by atoms with van der Waals surface area (Å²) < 4.78 is 15.4. The Bertz CT molecular complexity index is 897. The third-order valence-electron chi connectivity index (χ3n) is 3.75. The number of phenolic OH excluding ortho intramolecular Hbond substituents is 1. The van der Waals surface area contributed by atoms with Crippen molar-refractivity contribution < 1.29 is 24.1 Å². The minimum absolute atomic E-state index is 0.0903. The molecule has 1 saturated heterocycles. The molecule has 8 heteroatoms. The minimum Gasteiger partial charge on any atom is -0.502 e. The van der Waals surface area contributed by atoms with Crippen molar-refractivity contribution in [3.8, 4) is 23.0 Å². The van der Waals surface area contributed by atoms with E-state index in [4.69, 9.17) is 14.2 Å². The number of benzene rings is 2. The van der Waals surface area contributed by atoms with Crippen molar-refractivity contribution in [1.82, 2.24) is 5.32 Å². The van der Waals surface area contributed by atoms with E-state index in [2.05, 4.69) is 10.3 Å². The van der Waals surface area contributed by atoms with Gasteiger partial charge in [-0.2, -0.15) is 0 Å². The number of hydrogen-bond donors (Lipinski definition) is 2. The van der Waals surface area contributed by atoms with Gasteiger partial charge in [-0.15, -0.1) is 0 Å². The van der Waals surface area contributed by atoms with E-state index >= 15 is 0 Å². The van der Waals surface area contributed by atoms with Crippen LogP contribution in [0.1, 0.15) is 5.56 Å². The lowest BCUT2D eigenvalue weighted by Crippen LogP contribution is -2.19. The number of carbonyl (C=O) groups is 1. The lowest BCUT2D eigenvalue weighted by Gasteiger charge is -2.09.